The Hall–Kier alpha value is -1.14. The fourth-order valence-electron chi connectivity index (χ4n) is 2.45. The van der Waals surface area contributed by atoms with Crippen LogP contribution in [-0.2, 0) is 4.79 Å². The van der Waals surface area contributed by atoms with Gasteiger partial charge in [-0.15, -0.1) is 12.4 Å². The summed E-state index contributed by atoms with van der Waals surface area (Å²) in [4.78, 5) is 18.6. The van der Waals surface area contributed by atoms with E-state index in [0.29, 0.717) is 24.6 Å². The van der Waals surface area contributed by atoms with E-state index in [1.165, 1.54) is 0 Å². The van der Waals surface area contributed by atoms with Gasteiger partial charge < -0.3 is 15.2 Å². The number of carbonyl (C=O) groups excluding carboxylic acids is 1. The number of nitrogens with two attached hydrogens (primary N) is 1. The van der Waals surface area contributed by atoms with Crippen molar-refractivity contribution >= 4 is 18.3 Å². The highest BCUT2D eigenvalue weighted by molar-refractivity contribution is 5.85. The molecule has 1 amide bonds. The van der Waals surface area contributed by atoms with E-state index in [1.54, 1.807) is 0 Å². The molecule has 120 valence electrons. The van der Waals surface area contributed by atoms with E-state index in [-0.39, 0.29) is 36.3 Å². The van der Waals surface area contributed by atoms with E-state index in [4.69, 9.17) is 10.3 Å². The molecule has 2 rings (SSSR count). The van der Waals surface area contributed by atoms with Gasteiger partial charge in [0.15, 0.2) is 5.82 Å². The van der Waals surface area contributed by atoms with Crippen LogP contribution in [0.4, 0.5) is 0 Å². The Balaban J connectivity index is 0.00000220. The number of carbonyl (C=O) groups is 1. The average Bonchev–Trinajstić information content (AvgIpc) is 3.03. The molecule has 2 unspecified atom stereocenters. The third-order valence-corrected chi connectivity index (χ3v) is 3.64. The summed E-state index contributed by atoms with van der Waals surface area (Å²) < 4.78 is 5.25. The Bertz CT molecular complexity index is 462. The molecule has 1 aliphatic rings. The first kappa shape index (κ1) is 17.9. The molecule has 1 saturated heterocycles. The van der Waals surface area contributed by atoms with Gasteiger partial charge in [-0.25, -0.2) is 0 Å². The molecule has 0 radical (unpaired) electrons. The number of hydrogen-bond acceptors (Lipinski definition) is 5. The summed E-state index contributed by atoms with van der Waals surface area (Å²) in [5.41, 5.74) is 5.71. The number of likely N-dealkylation sites (tertiary alicyclic amines) is 1. The van der Waals surface area contributed by atoms with Gasteiger partial charge in [0.2, 0.25) is 11.8 Å². The molecule has 1 aromatic heterocycles. The number of halogens is 1. The van der Waals surface area contributed by atoms with Gasteiger partial charge in [0.05, 0.1) is 6.04 Å². The maximum atomic E-state index is 12.3. The van der Waals surface area contributed by atoms with Crippen LogP contribution in [0.1, 0.15) is 70.1 Å². The normalized spacial score (nSPS) is 19.7. The molecule has 2 atom stereocenters. The molecule has 1 aromatic rings. The van der Waals surface area contributed by atoms with Crippen LogP contribution < -0.4 is 5.73 Å². The van der Waals surface area contributed by atoms with Crippen LogP contribution >= 0.6 is 12.4 Å². The average molecular weight is 317 g/mol. The van der Waals surface area contributed by atoms with Gasteiger partial charge in [-0.3, -0.25) is 4.79 Å². The van der Waals surface area contributed by atoms with Crippen LogP contribution in [0.15, 0.2) is 4.52 Å². The van der Waals surface area contributed by atoms with E-state index in [9.17, 15) is 4.79 Å². The SMILES string of the molecule is CC(N)CCC(=O)N1CCCC1c1noc(C(C)C)n1.Cl. The minimum absolute atomic E-state index is 0. The molecule has 0 aliphatic carbocycles. The van der Waals surface area contributed by atoms with Crippen LogP contribution in [0, 0.1) is 0 Å². The highest BCUT2D eigenvalue weighted by Gasteiger charge is 2.33. The lowest BCUT2D eigenvalue weighted by Gasteiger charge is -2.22. The molecule has 1 aliphatic heterocycles. The molecule has 2 N–H and O–H groups in total. The van der Waals surface area contributed by atoms with Crippen molar-refractivity contribution in [1.29, 1.82) is 0 Å². The molecular weight excluding hydrogens is 292 g/mol. The summed E-state index contributed by atoms with van der Waals surface area (Å²) in [6.07, 6.45) is 3.09. The zero-order valence-electron chi connectivity index (χ0n) is 12.9. The summed E-state index contributed by atoms with van der Waals surface area (Å²) in [7, 11) is 0. The van der Waals surface area contributed by atoms with E-state index in [2.05, 4.69) is 10.1 Å². The number of nitrogens with zero attached hydrogens (tertiary/aromatic N) is 3. The van der Waals surface area contributed by atoms with E-state index >= 15 is 0 Å². The third-order valence-electron chi connectivity index (χ3n) is 3.64. The second-order valence-electron chi connectivity index (χ2n) is 5.91. The summed E-state index contributed by atoms with van der Waals surface area (Å²) in [6, 6.07) is 0.0181. The summed E-state index contributed by atoms with van der Waals surface area (Å²) in [6.45, 7) is 6.71. The molecule has 1 fully saturated rings. The maximum absolute atomic E-state index is 12.3. The van der Waals surface area contributed by atoms with Crippen LogP contribution in [0.2, 0.25) is 0 Å². The van der Waals surface area contributed by atoms with Crippen LogP contribution in [0.5, 0.6) is 0 Å². The Labute approximate surface area is 131 Å². The molecule has 7 heteroatoms. The van der Waals surface area contributed by atoms with Gasteiger partial charge in [0.25, 0.3) is 0 Å². The monoisotopic (exact) mass is 316 g/mol. The first-order valence-electron chi connectivity index (χ1n) is 7.37. The van der Waals surface area contributed by atoms with Crippen molar-refractivity contribution in [3.8, 4) is 0 Å². The largest absolute Gasteiger partial charge is 0.339 e. The Morgan fingerprint density at radius 2 is 2.19 bits per heavy atom. The molecular formula is C14H25ClN4O2. The van der Waals surface area contributed by atoms with E-state index in [1.807, 2.05) is 25.7 Å². The van der Waals surface area contributed by atoms with E-state index in [0.717, 1.165) is 19.4 Å². The Kier molecular flexibility index (Phi) is 6.61. The standard InChI is InChI=1S/C14H24N4O2.ClH/c1-9(2)14-16-13(17-20-14)11-5-4-8-18(11)12(19)7-6-10(3)15;/h9-11H,4-8,15H2,1-3H3;1H. The highest BCUT2D eigenvalue weighted by Crippen LogP contribution is 2.31. The van der Waals surface area contributed by atoms with Gasteiger partial charge in [-0.1, -0.05) is 19.0 Å². The fraction of sp³-hybridized carbons (Fsp3) is 0.786. The lowest BCUT2D eigenvalue weighted by atomic mass is 10.1. The number of rotatable bonds is 5. The molecule has 0 bridgehead atoms. The van der Waals surface area contributed by atoms with Crippen molar-refractivity contribution in [2.24, 2.45) is 5.73 Å². The quantitative estimate of drug-likeness (QED) is 0.901. The molecule has 0 saturated carbocycles. The number of aromatic nitrogens is 2. The zero-order chi connectivity index (χ0) is 14.7. The molecule has 2 heterocycles. The predicted octanol–water partition coefficient (Wildman–Crippen LogP) is 2.41. The second-order valence-corrected chi connectivity index (χ2v) is 5.91. The smallest absolute Gasteiger partial charge is 0.229 e. The molecule has 0 spiro atoms. The van der Waals surface area contributed by atoms with Gasteiger partial charge >= 0.3 is 0 Å². The molecule has 0 aromatic carbocycles. The second kappa shape index (κ2) is 7.75. The minimum Gasteiger partial charge on any atom is -0.339 e. The van der Waals surface area contributed by atoms with Crippen molar-refractivity contribution < 1.29 is 9.32 Å². The summed E-state index contributed by atoms with van der Waals surface area (Å²) in [5, 5.41) is 4.04. The predicted molar refractivity (Wildman–Crippen MR) is 82.2 cm³/mol. The van der Waals surface area contributed by atoms with Crippen molar-refractivity contribution in [2.75, 3.05) is 6.54 Å². The molecule has 6 nitrogen and oxygen atoms in total. The lowest BCUT2D eigenvalue weighted by molar-refractivity contribution is -0.132. The lowest BCUT2D eigenvalue weighted by Crippen LogP contribution is -2.32. The maximum Gasteiger partial charge on any atom is 0.229 e. The Morgan fingerprint density at radius 3 is 2.76 bits per heavy atom. The molecule has 21 heavy (non-hydrogen) atoms. The van der Waals surface area contributed by atoms with Crippen molar-refractivity contribution in [3.63, 3.8) is 0 Å². The van der Waals surface area contributed by atoms with Gasteiger partial charge in [-0.05, 0) is 26.2 Å². The van der Waals surface area contributed by atoms with Crippen molar-refractivity contribution in [2.45, 2.75) is 64.5 Å². The van der Waals surface area contributed by atoms with Gasteiger partial charge in [-0.2, -0.15) is 4.98 Å². The summed E-state index contributed by atoms with van der Waals surface area (Å²) in [5.74, 6) is 1.62. The van der Waals surface area contributed by atoms with E-state index < -0.39 is 0 Å². The zero-order valence-corrected chi connectivity index (χ0v) is 13.7. The first-order chi connectivity index (χ1) is 9.49. The first-order valence-corrected chi connectivity index (χ1v) is 7.37. The van der Waals surface area contributed by atoms with Crippen molar-refractivity contribution in [3.05, 3.63) is 11.7 Å². The van der Waals surface area contributed by atoms with Gasteiger partial charge in [0.1, 0.15) is 0 Å². The van der Waals surface area contributed by atoms with Gasteiger partial charge in [0, 0.05) is 24.9 Å². The van der Waals surface area contributed by atoms with Crippen molar-refractivity contribution in [1.82, 2.24) is 15.0 Å². The van der Waals surface area contributed by atoms with Crippen LogP contribution in [0.25, 0.3) is 0 Å². The highest BCUT2D eigenvalue weighted by atomic mass is 35.5. The number of amides is 1. The van der Waals surface area contributed by atoms with Crippen LogP contribution in [-0.4, -0.2) is 33.5 Å². The minimum atomic E-state index is -0.0353. The fourth-order valence-corrected chi connectivity index (χ4v) is 2.45. The number of hydrogen-bond donors (Lipinski definition) is 1. The summed E-state index contributed by atoms with van der Waals surface area (Å²) >= 11 is 0. The topological polar surface area (TPSA) is 85.3 Å². The Morgan fingerprint density at radius 1 is 1.48 bits per heavy atom. The third kappa shape index (κ3) is 4.41. The van der Waals surface area contributed by atoms with Crippen LogP contribution in [0.3, 0.4) is 0 Å².